The number of nitrogens with zero attached hydrogens (tertiary/aromatic N) is 1. The third-order valence-corrected chi connectivity index (χ3v) is 1.91. The van der Waals surface area contributed by atoms with Gasteiger partial charge in [-0.05, 0) is 19.9 Å². The fourth-order valence-corrected chi connectivity index (χ4v) is 1.01. The van der Waals surface area contributed by atoms with Crippen LogP contribution in [0.5, 0.6) is 0 Å². The molecule has 0 amide bonds. The highest BCUT2D eigenvalue weighted by Crippen LogP contribution is 2.25. The lowest BCUT2D eigenvalue weighted by molar-refractivity contribution is -0.132. The predicted octanol–water partition coefficient (Wildman–Crippen LogP) is 0.721. The van der Waals surface area contributed by atoms with Crippen molar-refractivity contribution in [2.24, 2.45) is 0 Å². The van der Waals surface area contributed by atoms with E-state index in [9.17, 15) is 4.79 Å². The van der Waals surface area contributed by atoms with Crippen LogP contribution in [0, 0.1) is 0 Å². The van der Waals surface area contributed by atoms with Crippen LogP contribution >= 0.6 is 0 Å². The van der Waals surface area contributed by atoms with Crippen LogP contribution < -0.4 is 0 Å². The summed E-state index contributed by atoms with van der Waals surface area (Å²) in [7, 11) is 1.94. The molecule has 3 nitrogen and oxygen atoms in total. The smallest absolute Gasteiger partial charge is 0.332 e. The van der Waals surface area contributed by atoms with Crippen molar-refractivity contribution in [3.05, 3.63) is 12.2 Å². The molecule has 0 aromatic heterocycles. The molecule has 1 N–H and O–H groups in total. The molecule has 0 bridgehead atoms. The fraction of sp³-hybridized carbons (Fsp3) is 0.625. The van der Waals surface area contributed by atoms with Crippen LogP contribution in [-0.4, -0.2) is 35.6 Å². The van der Waals surface area contributed by atoms with Gasteiger partial charge in [0.1, 0.15) is 0 Å². The zero-order valence-electron chi connectivity index (χ0n) is 6.71. The molecule has 0 heterocycles. The maximum absolute atomic E-state index is 10.4. The SMILES string of the molecule is C=C(CN(C)C1CC1)C(=O)O. The van der Waals surface area contributed by atoms with Crippen molar-refractivity contribution in [1.82, 2.24) is 4.90 Å². The van der Waals surface area contributed by atoms with Crippen LogP contribution in [0.25, 0.3) is 0 Å². The molecule has 0 aromatic rings. The number of hydrogen-bond acceptors (Lipinski definition) is 2. The van der Waals surface area contributed by atoms with E-state index in [-0.39, 0.29) is 5.57 Å². The summed E-state index contributed by atoms with van der Waals surface area (Å²) in [5.41, 5.74) is 0.277. The average Bonchev–Trinajstić information content (AvgIpc) is 2.67. The third kappa shape index (κ3) is 2.35. The Hall–Kier alpha value is -0.830. The highest BCUT2D eigenvalue weighted by molar-refractivity contribution is 5.86. The first kappa shape index (κ1) is 8.27. The molecule has 0 unspecified atom stereocenters. The molecule has 1 fully saturated rings. The Balaban J connectivity index is 2.28. The Labute approximate surface area is 66.3 Å². The molecular formula is C8H13NO2. The van der Waals surface area contributed by atoms with Crippen LogP contribution in [0.1, 0.15) is 12.8 Å². The second-order valence-electron chi connectivity index (χ2n) is 3.05. The number of carbonyl (C=O) groups is 1. The molecule has 0 radical (unpaired) electrons. The Kier molecular flexibility index (Phi) is 2.29. The van der Waals surface area contributed by atoms with Crippen LogP contribution in [0.15, 0.2) is 12.2 Å². The molecule has 1 aliphatic rings. The van der Waals surface area contributed by atoms with Gasteiger partial charge in [-0.25, -0.2) is 4.79 Å². The molecule has 0 saturated heterocycles. The van der Waals surface area contributed by atoms with E-state index in [1.165, 1.54) is 12.8 Å². The molecule has 0 spiro atoms. The van der Waals surface area contributed by atoms with Crippen molar-refractivity contribution >= 4 is 5.97 Å². The Morgan fingerprint density at radius 2 is 2.27 bits per heavy atom. The second kappa shape index (κ2) is 3.05. The molecule has 1 rings (SSSR count). The van der Waals surface area contributed by atoms with Crippen molar-refractivity contribution in [3.63, 3.8) is 0 Å². The van der Waals surface area contributed by atoms with Gasteiger partial charge in [-0.3, -0.25) is 4.90 Å². The number of hydrogen-bond donors (Lipinski definition) is 1. The normalized spacial score (nSPS) is 16.9. The largest absolute Gasteiger partial charge is 0.478 e. The summed E-state index contributed by atoms with van der Waals surface area (Å²) in [6, 6.07) is 0.603. The Morgan fingerprint density at radius 3 is 2.64 bits per heavy atom. The van der Waals surface area contributed by atoms with Gasteiger partial charge in [-0.15, -0.1) is 0 Å². The van der Waals surface area contributed by atoms with Crippen LogP contribution in [-0.2, 0) is 4.79 Å². The highest BCUT2D eigenvalue weighted by atomic mass is 16.4. The summed E-state index contributed by atoms with van der Waals surface area (Å²) in [5.74, 6) is -0.891. The molecule has 62 valence electrons. The number of carboxylic acid groups (broad SMARTS) is 1. The number of carboxylic acids is 1. The van der Waals surface area contributed by atoms with E-state index < -0.39 is 5.97 Å². The first-order valence-electron chi connectivity index (χ1n) is 3.72. The van der Waals surface area contributed by atoms with Crippen molar-refractivity contribution in [2.75, 3.05) is 13.6 Å². The summed E-state index contributed by atoms with van der Waals surface area (Å²) in [6.45, 7) is 3.95. The standard InChI is InChI=1S/C8H13NO2/c1-6(8(10)11)5-9(2)7-3-4-7/h7H,1,3-5H2,2H3,(H,10,11). The lowest BCUT2D eigenvalue weighted by atomic mass is 10.3. The zero-order valence-corrected chi connectivity index (χ0v) is 6.71. The summed E-state index contributed by atoms with van der Waals surface area (Å²) < 4.78 is 0. The predicted molar refractivity (Wildman–Crippen MR) is 42.4 cm³/mol. The van der Waals surface area contributed by atoms with Crippen LogP contribution in [0.3, 0.4) is 0 Å². The lowest BCUT2D eigenvalue weighted by Gasteiger charge is -2.14. The summed E-state index contributed by atoms with van der Waals surface area (Å²) in [5, 5.41) is 8.51. The molecule has 0 atom stereocenters. The van der Waals surface area contributed by atoms with E-state index >= 15 is 0 Å². The summed E-state index contributed by atoms with van der Waals surface area (Å²) in [6.07, 6.45) is 2.40. The van der Waals surface area contributed by atoms with Gasteiger partial charge in [0.2, 0.25) is 0 Å². The monoisotopic (exact) mass is 155 g/mol. The molecular weight excluding hydrogens is 142 g/mol. The first-order chi connectivity index (χ1) is 5.11. The van der Waals surface area contributed by atoms with Crippen molar-refractivity contribution in [2.45, 2.75) is 18.9 Å². The van der Waals surface area contributed by atoms with Crippen molar-refractivity contribution in [1.29, 1.82) is 0 Å². The minimum absolute atomic E-state index is 0.277. The van der Waals surface area contributed by atoms with E-state index in [1.807, 2.05) is 11.9 Å². The maximum Gasteiger partial charge on any atom is 0.332 e. The van der Waals surface area contributed by atoms with Gasteiger partial charge in [0.05, 0.1) is 0 Å². The Morgan fingerprint density at radius 1 is 1.73 bits per heavy atom. The summed E-state index contributed by atoms with van der Waals surface area (Å²) >= 11 is 0. The molecule has 11 heavy (non-hydrogen) atoms. The molecule has 0 aliphatic heterocycles. The van der Waals surface area contributed by atoms with Gasteiger partial charge in [-0.1, -0.05) is 6.58 Å². The van der Waals surface area contributed by atoms with E-state index in [2.05, 4.69) is 6.58 Å². The van der Waals surface area contributed by atoms with Gasteiger partial charge in [0, 0.05) is 18.2 Å². The molecule has 0 aromatic carbocycles. The van der Waals surface area contributed by atoms with Gasteiger partial charge in [-0.2, -0.15) is 0 Å². The summed E-state index contributed by atoms with van der Waals surface area (Å²) in [4.78, 5) is 12.4. The topological polar surface area (TPSA) is 40.5 Å². The van der Waals surface area contributed by atoms with Crippen LogP contribution in [0.2, 0.25) is 0 Å². The molecule has 3 heteroatoms. The van der Waals surface area contributed by atoms with E-state index in [0.717, 1.165) is 0 Å². The minimum atomic E-state index is -0.891. The van der Waals surface area contributed by atoms with Gasteiger partial charge < -0.3 is 5.11 Å². The molecule has 1 saturated carbocycles. The zero-order chi connectivity index (χ0) is 8.43. The number of rotatable bonds is 4. The third-order valence-electron chi connectivity index (χ3n) is 1.91. The second-order valence-corrected chi connectivity index (χ2v) is 3.05. The van der Waals surface area contributed by atoms with Crippen molar-refractivity contribution in [3.8, 4) is 0 Å². The maximum atomic E-state index is 10.4. The number of aliphatic carboxylic acids is 1. The number of likely N-dealkylation sites (N-methyl/N-ethyl adjacent to an activating group) is 1. The van der Waals surface area contributed by atoms with Crippen LogP contribution in [0.4, 0.5) is 0 Å². The van der Waals surface area contributed by atoms with Gasteiger partial charge in [0.25, 0.3) is 0 Å². The van der Waals surface area contributed by atoms with E-state index in [1.54, 1.807) is 0 Å². The first-order valence-corrected chi connectivity index (χ1v) is 3.72. The molecule has 1 aliphatic carbocycles. The lowest BCUT2D eigenvalue weighted by Crippen LogP contribution is -2.25. The average molecular weight is 155 g/mol. The van der Waals surface area contributed by atoms with Crippen molar-refractivity contribution < 1.29 is 9.90 Å². The fourth-order valence-electron chi connectivity index (χ4n) is 1.01. The van der Waals surface area contributed by atoms with Gasteiger partial charge in [0.15, 0.2) is 0 Å². The van der Waals surface area contributed by atoms with E-state index in [0.29, 0.717) is 12.6 Å². The minimum Gasteiger partial charge on any atom is -0.478 e. The Bertz CT molecular complexity index is 185. The highest BCUT2D eigenvalue weighted by Gasteiger charge is 2.26. The van der Waals surface area contributed by atoms with Gasteiger partial charge >= 0.3 is 5.97 Å². The quantitative estimate of drug-likeness (QED) is 0.608. The van der Waals surface area contributed by atoms with E-state index in [4.69, 9.17) is 5.11 Å².